The molecule has 0 bridgehead atoms. The Morgan fingerprint density at radius 3 is 2.46 bits per heavy atom. The molecule has 1 aliphatic carbocycles. The Bertz CT molecular complexity index is 254. The van der Waals surface area contributed by atoms with Crippen molar-refractivity contribution in [3.8, 4) is 0 Å². The minimum Gasteiger partial charge on any atom is -0.253 e. The third kappa shape index (κ3) is 3.72. The molecule has 0 amide bonds. The van der Waals surface area contributed by atoms with Gasteiger partial charge in [-0.2, -0.15) is 0 Å². The zero-order valence-electron chi connectivity index (χ0n) is 8.26. The van der Waals surface area contributed by atoms with Gasteiger partial charge in [-0.1, -0.05) is 12.2 Å². The van der Waals surface area contributed by atoms with Crippen LogP contribution in [0.25, 0.3) is 0 Å². The van der Waals surface area contributed by atoms with Crippen molar-refractivity contribution >= 4 is 22.6 Å². The van der Waals surface area contributed by atoms with Crippen molar-refractivity contribution in [3.63, 3.8) is 0 Å². The quantitative estimate of drug-likeness (QED) is 0.660. The van der Waals surface area contributed by atoms with E-state index in [-0.39, 0.29) is 0 Å². The molecule has 1 saturated carbocycles. The summed E-state index contributed by atoms with van der Waals surface area (Å²) in [4.78, 5) is 0. The van der Waals surface area contributed by atoms with E-state index in [1.165, 1.54) is 24.8 Å². The summed E-state index contributed by atoms with van der Waals surface area (Å²) in [5.41, 5.74) is 4.67. The van der Waals surface area contributed by atoms with Gasteiger partial charge in [-0.05, 0) is 37.5 Å². The molecule has 1 aliphatic rings. The summed E-state index contributed by atoms with van der Waals surface area (Å²) >= 11 is 1.56. The van der Waals surface area contributed by atoms with Gasteiger partial charge in [0.1, 0.15) is 4.24 Å². The fourth-order valence-electron chi connectivity index (χ4n) is 1.49. The molecule has 0 spiro atoms. The van der Waals surface area contributed by atoms with E-state index in [1.54, 1.807) is 18.0 Å². The van der Waals surface area contributed by atoms with E-state index in [2.05, 4.69) is 5.73 Å². The highest BCUT2D eigenvalue weighted by Crippen LogP contribution is 2.24. The van der Waals surface area contributed by atoms with E-state index < -0.39 is 10.8 Å². The highest BCUT2D eigenvalue weighted by molar-refractivity contribution is 8.15. The van der Waals surface area contributed by atoms with Crippen LogP contribution in [0.2, 0.25) is 0 Å². The molecule has 1 fully saturated rings. The average molecular weight is 216 g/mol. The van der Waals surface area contributed by atoms with E-state index in [1.807, 2.05) is 6.26 Å². The molecule has 0 aromatic carbocycles. The van der Waals surface area contributed by atoms with Crippen molar-refractivity contribution < 1.29 is 4.21 Å². The van der Waals surface area contributed by atoms with Crippen molar-refractivity contribution in [2.24, 2.45) is 0 Å². The Labute approximate surface area is 87.1 Å². The smallest absolute Gasteiger partial charge is 0.113 e. The molecule has 13 heavy (non-hydrogen) atoms. The lowest BCUT2D eigenvalue weighted by Crippen LogP contribution is -1.93. The Morgan fingerprint density at radius 2 is 2.00 bits per heavy atom. The van der Waals surface area contributed by atoms with Crippen molar-refractivity contribution in [2.75, 3.05) is 12.5 Å². The van der Waals surface area contributed by atoms with Crippen LogP contribution in [0, 0.1) is 0 Å². The Balaban J connectivity index is 2.83. The zero-order chi connectivity index (χ0) is 9.68. The number of hydrogen-bond donors (Lipinski definition) is 0. The van der Waals surface area contributed by atoms with Gasteiger partial charge in [-0.25, -0.2) is 0 Å². The fraction of sp³-hybridized carbons (Fsp3) is 0.700. The maximum absolute atomic E-state index is 11.2. The zero-order valence-corrected chi connectivity index (χ0v) is 9.89. The van der Waals surface area contributed by atoms with Crippen molar-refractivity contribution in [1.82, 2.24) is 0 Å². The maximum atomic E-state index is 11.2. The van der Waals surface area contributed by atoms with E-state index in [0.29, 0.717) is 0 Å². The number of thioether (sulfide) groups is 1. The van der Waals surface area contributed by atoms with E-state index in [0.717, 1.165) is 17.1 Å². The predicted octanol–water partition coefficient (Wildman–Crippen LogP) is 3.06. The number of allylic oxidation sites excluding steroid dienone is 1. The number of hydrogen-bond acceptors (Lipinski definition) is 2. The lowest BCUT2D eigenvalue weighted by Gasteiger charge is -2.10. The molecule has 1 atom stereocenters. The summed E-state index contributed by atoms with van der Waals surface area (Å²) in [5.74, 6) is 0. The van der Waals surface area contributed by atoms with Crippen LogP contribution in [0.4, 0.5) is 0 Å². The molecule has 74 valence electrons. The Morgan fingerprint density at radius 1 is 1.38 bits per heavy atom. The molecular weight excluding hydrogens is 200 g/mol. The predicted molar refractivity (Wildman–Crippen MR) is 61.2 cm³/mol. The second-order valence-electron chi connectivity index (χ2n) is 3.23. The lowest BCUT2D eigenvalue weighted by atomic mass is 9.96. The summed E-state index contributed by atoms with van der Waals surface area (Å²) in [6.45, 7) is 0. The Hall–Kier alpha value is 0.0200. The molecule has 0 N–H and O–H groups in total. The topological polar surface area (TPSA) is 17.1 Å². The fourth-order valence-corrected chi connectivity index (χ4v) is 2.96. The van der Waals surface area contributed by atoms with Crippen LogP contribution in [-0.4, -0.2) is 16.7 Å². The first-order chi connectivity index (χ1) is 6.24. The highest BCUT2D eigenvalue weighted by Gasteiger charge is 2.06. The van der Waals surface area contributed by atoms with Gasteiger partial charge in [-0.3, -0.25) is 4.21 Å². The third-order valence-corrected chi connectivity index (χ3v) is 4.48. The van der Waals surface area contributed by atoms with Crippen LogP contribution < -0.4 is 0 Å². The average Bonchev–Trinajstić information content (AvgIpc) is 2.15. The van der Waals surface area contributed by atoms with Crippen LogP contribution in [0.5, 0.6) is 0 Å². The third-order valence-electron chi connectivity index (χ3n) is 2.18. The first kappa shape index (κ1) is 11.1. The van der Waals surface area contributed by atoms with Gasteiger partial charge in [0.2, 0.25) is 0 Å². The first-order valence-corrected chi connectivity index (χ1v) is 7.38. The first-order valence-electron chi connectivity index (χ1n) is 4.60. The van der Waals surface area contributed by atoms with Gasteiger partial charge in [-0.15, -0.1) is 11.8 Å². The van der Waals surface area contributed by atoms with E-state index >= 15 is 0 Å². The van der Waals surface area contributed by atoms with Gasteiger partial charge < -0.3 is 0 Å². The largest absolute Gasteiger partial charge is 0.253 e. The SMILES string of the molecule is CSC(=C=C1CCCCC1)S(C)=O. The minimum absolute atomic E-state index is 0.857. The van der Waals surface area contributed by atoms with Crippen molar-refractivity contribution in [3.05, 3.63) is 15.5 Å². The van der Waals surface area contributed by atoms with E-state index in [4.69, 9.17) is 0 Å². The standard InChI is InChI=1S/C10H16OS2/c1-12-10(13(2)11)8-9-6-4-3-5-7-9/h3-7H2,1-2H3. The summed E-state index contributed by atoms with van der Waals surface area (Å²) < 4.78 is 12.1. The van der Waals surface area contributed by atoms with Gasteiger partial charge in [0.15, 0.2) is 0 Å². The van der Waals surface area contributed by atoms with Crippen LogP contribution in [0.3, 0.4) is 0 Å². The van der Waals surface area contributed by atoms with Gasteiger partial charge >= 0.3 is 0 Å². The number of rotatable bonds is 2. The molecule has 0 aliphatic heterocycles. The lowest BCUT2D eigenvalue weighted by molar-refractivity contribution is 0.600. The molecule has 1 rings (SSSR count). The summed E-state index contributed by atoms with van der Waals surface area (Å²) in [7, 11) is -0.857. The monoisotopic (exact) mass is 216 g/mol. The summed E-state index contributed by atoms with van der Waals surface area (Å²) in [5, 5.41) is 0. The molecule has 1 unspecified atom stereocenters. The molecule has 0 radical (unpaired) electrons. The summed E-state index contributed by atoms with van der Waals surface area (Å²) in [6, 6.07) is 0. The molecule has 1 nitrogen and oxygen atoms in total. The van der Waals surface area contributed by atoms with Crippen molar-refractivity contribution in [1.29, 1.82) is 0 Å². The Kier molecular flexibility index (Phi) is 4.86. The van der Waals surface area contributed by atoms with Crippen LogP contribution in [0.15, 0.2) is 15.5 Å². The molecule has 3 heteroatoms. The van der Waals surface area contributed by atoms with Crippen molar-refractivity contribution in [2.45, 2.75) is 32.1 Å². The molecule has 0 aromatic rings. The molecular formula is C10H16OS2. The minimum atomic E-state index is -0.857. The molecule has 0 aromatic heterocycles. The van der Waals surface area contributed by atoms with Crippen LogP contribution in [0.1, 0.15) is 32.1 Å². The highest BCUT2D eigenvalue weighted by atomic mass is 32.2. The van der Waals surface area contributed by atoms with Gasteiger partial charge in [0, 0.05) is 6.26 Å². The summed E-state index contributed by atoms with van der Waals surface area (Å²) in [6.07, 6.45) is 9.90. The molecule has 0 heterocycles. The van der Waals surface area contributed by atoms with Gasteiger partial charge in [0.05, 0.1) is 10.8 Å². The van der Waals surface area contributed by atoms with Crippen LogP contribution >= 0.6 is 11.8 Å². The normalized spacial score (nSPS) is 19.4. The van der Waals surface area contributed by atoms with Crippen LogP contribution in [-0.2, 0) is 10.8 Å². The maximum Gasteiger partial charge on any atom is 0.113 e. The molecule has 0 saturated heterocycles. The van der Waals surface area contributed by atoms with E-state index in [9.17, 15) is 4.21 Å². The van der Waals surface area contributed by atoms with Gasteiger partial charge in [0.25, 0.3) is 0 Å². The second kappa shape index (κ2) is 5.69. The second-order valence-corrected chi connectivity index (χ2v) is 5.63.